The third-order valence-electron chi connectivity index (χ3n) is 2.46. The second kappa shape index (κ2) is 6.56. The van der Waals surface area contributed by atoms with Crippen LogP contribution in [-0.4, -0.2) is 39.0 Å². The number of amides is 1. The fourth-order valence-corrected chi connectivity index (χ4v) is 3.00. The first kappa shape index (κ1) is 14.7. The Hall–Kier alpha value is -0.330. The Morgan fingerprint density at radius 3 is 2.59 bits per heavy atom. The van der Waals surface area contributed by atoms with Gasteiger partial charge in [0.15, 0.2) is 0 Å². The maximum atomic E-state index is 11.5. The van der Waals surface area contributed by atoms with Crippen LogP contribution in [0.2, 0.25) is 0 Å². The standard InChI is InChI=1S/C10H19ClN2O3S/c1-8(6-11)7-17(15,16)13-5-4-12-10(14)9-2-3-9/h8-9,13H,2-7H2,1H3,(H,12,14). The Morgan fingerprint density at radius 1 is 1.41 bits per heavy atom. The predicted octanol–water partition coefficient (Wildman–Crippen LogP) is 0.307. The molecule has 1 fully saturated rings. The van der Waals surface area contributed by atoms with Gasteiger partial charge in [-0.3, -0.25) is 4.79 Å². The molecular weight excluding hydrogens is 264 g/mol. The third-order valence-corrected chi connectivity index (χ3v) is 4.64. The smallest absolute Gasteiger partial charge is 0.223 e. The Balaban J connectivity index is 2.13. The van der Waals surface area contributed by atoms with Crippen molar-refractivity contribution in [2.24, 2.45) is 11.8 Å². The maximum absolute atomic E-state index is 11.5. The summed E-state index contributed by atoms with van der Waals surface area (Å²) in [6.45, 7) is 2.35. The zero-order valence-electron chi connectivity index (χ0n) is 9.91. The summed E-state index contributed by atoms with van der Waals surface area (Å²) in [7, 11) is -3.28. The van der Waals surface area contributed by atoms with Gasteiger partial charge in [-0.2, -0.15) is 0 Å². The fraction of sp³-hybridized carbons (Fsp3) is 0.900. The van der Waals surface area contributed by atoms with Gasteiger partial charge in [0.2, 0.25) is 15.9 Å². The molecule has 0 spiro atoms. The first-order chi connectivity index (χ1) is 7.94. The van der Waals surface area contributed by atoms with Crippen molar-refractivity contribution in [3.8, 4) is 0 Å². The molecule has 0 heterocycles. The van der Waals surface area contributed by atoms with Crippen LogP contribution >= 0.6 is 11.6 Å². The molecule has 1 aliphatic carbocycles. The Kier molecular flexibility index (Phi) is 5.69. The maximum Gasteiger partial charge on any atom is 0.223 e. The molecule has 100 valence electrons. The topological polar surface area (TPSA) is 75.3 Å². The van der Waals surface area contributed by atoms with Gasteiger partial charge in [0.1, 0.15) is 0 Å². The highest BCUT2D eigenvalue weighted by atomic mass is 35.5. The van der Waals surface area contributed by atoms with Crippen LogP contribution in [-0.2, 0) is 14.8 Å². The molecule has 0 saturated heterocycles. The molecule has 0 aliphatic heterocycles. The first-order valence-corrected chi connectivity index (χ1v) is 7.94. The van der Waals surface area contributed by atoms with Gasteiger partial charge < -0.3 is 5.32 Å². The summed E-state index contributed by atoms with van der Waals surface area (Å²) in [6, 6.07) is 0. The van der Waals surface area contributed by atoms with Gasteiger partial charge in [-0.05, 0) is 18.8 Å². The summed E-state index contributed by atoms with van der Waals surface area (Å²) in [5.74, 6) is 0.447. The van der Waals surface area contributed by atoms with Crippen molar-refractivity contribution < 1.29 is 13.2 Å². The van der Waals surface area contributed by atoms with Crippen LogP contribution in [0.3, 0.4) is 0 Å². The second-order valence-corrected chi connectivity index (χ2v) is 6.66. The van der Waals surface area contributed by atoms with Gasteiger partial charge in [-0.15, -0.1) is 11.6 Å². The van der Waals surface area contributed by atoms with E-state index in [-0.39, 0.29) is 30.0 Å². The summed E-state index contributed by atoms with van der Waals surface area (Å²) in [5, 5.41) is 2.69. The summed E-state index contributed by atoms with van der Waals surface area (Å²) in [5.41, 5.74) is 0. The van der Waals surface area contributed by atoms with Gasteiger partial charge in [0.05, 0.1) is 5.75 Å². The molecular formula is C10H19ClN2O3S. The first-order valence-electron chi connectivity index (χ1n) is 5.75. The van der Waals surface area contributed by atoms with Crippen LogP contribution in [0.1, 0.15) is 19.8 Å². The Morgan fingerprint density at radius 2 is 2.06 bits per heavy atom. The second-order valence-electron chi connectivity index (χ2n) is 4.50. The van der Waals surface area contributed by atoms with Crippen molar-refractivity contribution in [3.05, 3.63) is 0 Å². The molecule has 1 rings (SSSR count). The average molecular weight is 283 g/mol. The summed E-state index contributed by atoms with van der Waals surface area (Å²) >= 11 is 5.55. The zero-order valence-corrected chi connectivity index (χ0v) is 11.5. The van der Waals surface area contributed by atoms with Crippen LogP contribution < -0.4 is 10.0 Å². The highest BCUT2D eigenvalue weighted by Crippen LogP contribution is 2.28. The molecule has 1 amide bonds. The van der Waals surface area contributed by atoms with E-state index in [0.29, 0.717) is 12.4 Å². The Labute approximate surface area is 107 Å². The molecule has 1 saturated carbocycles. The van der Waals surface area contributed by atoms with E-state index in [2.05, 4.69) is 10.0 Å². The van der Waals surface area contributed by atoms with E-state index in [9.17, 15) is 13.2 Å². The molecule has 1 unspecified atom stereocenters. The van der Waals surface area contributed by atoms with Crippen molar-refractivity contribution in [1.29, 1.82) is 0 Å². The van der Waals surface area contributed by atoms with Crippen LogP contribution in [0.25, 0.3) is 0 Å². The van der Waals surface area contributed by atoms with Crippen molar-refractivity contribution in [1.82, 2.24) is 10.0 Å². The van der Waals surface area contributed by atoms with Crippen molar-refractivity contribution in [2.45, 2.75) is 19.8 Å². The normalized spacial score (nSPS) is 17.8. The molecule has 0 aromatic rings. The van der Waals surface area contributed by atoms with Crippen molar-refractivity contribution >= 4 is 27.5 Å². The van der Waals surface area contributed by atoms with Crippen LogP contribution in [0.5, 0.6) is 0 Å². The van der Waals surface area contributed by atoms with E-state index >= 15 is 0 Å². The SMILES string of the molecule is CC(CCl)CS(=O)(=O)NCCNC(=O)C1CC1. The lowest BCUT2D eigenvalue weighted by molar-refractivity contribution is -0.122. The molecule has 0 aromatic carbocycles. The molecule has 0 bridgehead atoms. The van der Waals surface area contributed by atoms with E-state index in [1.54, 1.807) is 6.92 Å². The molecule has 17 heavy (non-hydrogen) atoms. The summed E-state index contributed by atoms with van der Waals surface area (Å²) < 4.78 is 25.5. The lowest BCUT2D eigenvalue weighted by Crippen LogP contribution is -2.37. The molecule has 2 N–H and O–H groups in total. The molecule has 1 aliphatic rings. The highest BCUT2D eigenvalue weighted by Gasteiger charge is 2.29. The van der Waals surface area contributed by atoms with Gasteiger partial charge in [0, 0.05) is 24.9 Å². The van der Waals surface area contributed by atoms with Gasteiger partial charge in [-0.1, -0.05) is 6.92 Å². The van der Waals surface area contributed by atoms with Crippen LogP contribution in [0.15, 0.2) is 0 Å². The van der Waals surface area contributed by atoms with Crippen molar-refractivity contribution in [3.63, 3.8) is 0 Å². The van der Waals surface area contributed by atoms with Crippen LogP contribution in [0, 0.1) is 11.8 Å². The van der Waals surface area contributed by atoms with Gasteiger partial charge >= 0.3 is 0 Å². The van der Waals surface area contributed by atoms with Gasteiger partial charge in [0.25, 0.3) is 0 Å². The lowest BCUT2D eigenvalue weighted by Gasteiger charge is -2.10. The van der Waals surface area contributed by atoms with Crippen molar-refractivity contribution in [2.75, 3.05) is 24.7 Å². The molecule has 0 radical (unpaired) electrons. The van der Waals surface area contributed by atoms with E-state index < -0.39 is 10.0 Å². The number of sulfonamides is 1. The average Bonchev–Trinajstić information content (AvgIpc) is 3.07. The predicted molar refractivity (Wildman–Crippen MR) is 67.4 cm³/mol. The monoisotopic (exact) mass is 282 g/mol. The van der Waals surface area contributed by atoms with E-state index in [0.717, 1.165) is 12.8 Å². The number of halogens is 1. The number of hydrogen-bond donors (Lipinski definition) is 2. The zero-order chi connectivity index (χ0) is 12.9. The number of alkyl halides is 1. The van der Waals surface area contributed by atoms with E-state index in [1.807, 2.05) is 0 Å². The molecule has 5 nitrogen and oxygen atoms in total. The van der Waals surface area contributed by atoms with E-state index in [1.165, 1.54) is 0 Å². The largest absolute Gasteiger partial charge is 0.355 e. The Bertz CT molecular complexity index is 355. The number of carbonyl (C=O) groups excluding carboxylic acids is 1. The minimum atomic E-state index is -3.28. The molecule has 7 heteroatoms. The minimum absolute atomic E-state index is 0.0209. The minimum Gasteiger partial charge on any atom is -0.355 e. The van der Waals surface area contributed by atoms with Crippen LogP contribution in [0.4, 0.5) is 0 Å². The fourth-order valence-electron chi connectivity index (χ4n) is 1.36. The lowest BCUT2D eigenvalue weighted by atomic mass is 10.3. The number of hydrogen-bond acceptors (Lipinski definition) is 3. The number of carbonyl (C=O) groups is 1. The molecule has 1 atom stereocenters. The molecule has 0 aromatic heterocycles. The summed E-state index contributed by atoms with van der Waals surface area (Å²) in [4.78, 5) is 11.2. The highest BCUT2D eigenvalue weighted by molar-refractivity contribution is 7.89. The third kappa shape index (κ3) is 6.24. The van der Waals surface area contributed by atoms with Gasteiger partial charge in [-0.25, -0.2) is 13.1 Å². The van der Waals surface area contributed by atoms with E-state index in [4.69, 9.17) is 11.6 Å². The number of nitrogens with one attached hydrogen (secondary N) is 2. The quantitative estimate of drug-likeness (QED) is 0.497. The summed E-state index contributed by atoms with van der Waals surface area (Å²) in [6.07, 6.45) is 1.90. The number of rotatable bonds is 8.